The van der Waals surface area contributed by atoms with Crippen LogP contribution < -0.4 is 0 Å². The van der Waals surface area contributed by atoms with Gasteiger partial charge in [-0.2, -0.15) is 0 Å². The fourth-order valence-electron chi connectivity index (χ4n) is 3.60. The van der Waals surface area contributed by atoms with Gasteiger partial charge in [-0.3, -0.25) is 9.69 Å². The van der Waals surface area contributed by atoms with Crippen LogP contribution in [0.2, 0.25) is 0 Å². The maximum Gasteiger partial charge on any atom is 0.310 e. The number of methoxy groups -OCH3 is 1. The number of esters is 1. The molecule has 3 rings (SSSR count). The van der Waals surface area contributed by atoms with Gasteiger partial charge in [0.2, 0.25) is 0 Å². The molecule has 1 fully saturated rings. The number of β-amino-alcohol motifs (C(OH)–C–C–N with tert-alkyl or cyclic N) is 1. The first-order chi connectivity index (χ1) is 10.8. The molecule has 0 spiro atoms. The molecule has 22 heavy (non-hydrogen) atoms. The average molecular weight is 302 g/mol. The average Bonchev–Trinajstić information content (AvgIpc) is 2.98. The van der Waals surface area contributed by atoms with E-state index in [9.17, 15) is 9.90 Å². The molecule has 2 atom stereocenters. The molecule has 5 heteroatoms. The zero-order valence-corrected chi connectivity index (χ0v) is 12.8. The molecule has 0 unspecified atom stereocenters. The molecular weight excluding hydrogens is 280 g/mol. The Morgan fingerprint density at radius 3 is 3.05 bits per heavy atom. The molecule has 0 aliphatic carbocycles. The molecule has 0 radical (unpaired) electrons. The third-order valence-corrected chi connectivity index (χ3v) is 4.57. The second-order valence-corrected chi connectivity index (χ2v) is 5.77. The van der Waals surface area contributed by atoms with Gasteiger partial charge in [-0.1, -0.05) is 18.2 Å². The molecule has 2 N–H and O–H groups in total. The minimum absolute atomic E-state index is 0.0514. The van der Waals surface area contributed by atoms with E-state index in [2.05, 4.69) is 16.0 Å². The minimum Gasteiger partial charge on any atom is -0.469 e. The van der Waals surface area contributed by atoms with Gasteiger partial charge >= 0.3 is 5.97 Å². The number of hydrogen-bond acceptors (Lipinski definition) is 4. The molecule has 1 aliphatic heterocycles. The topological polar surface area (TPSA) is 65.6 Å². The Kier molecular flexibility index (Phi) is 4.45. The molecule has 1 aromatic carbocycles. The van der Waals surface area contributed by atoms with Crippen molar-refractivity contribution >= 4 is 16.9 Å². The largest absolute Gasteiger partial charge is 0.469 e. The van der Waals surface area contributed by atoms with Gasteiger partial charge in [0.15, 0.2) is 0 Å². The van der Waals surface area contributed by atoms with Crippen molar-refractivity contribution in [3.63, 3.8) is 0 Å². The van der Waals surface area contributed by atoms with Gasteiger partial charge < -0.3 is 14.8 Å². The Bertz CT molecular complexity index is 650. The Balaban J connectivity index is 2.05. The molecule has 1 aromatic heterocycles. The van der Waals surface area contributed by atoms with Crippen LogP contribution >= 0.6 is 0 Å². The number of likely N-dealkylation sites (tertiary alicyclic amines) is 1. The van der Waals surface area contributed by atoms with E-state index >= 15 is 0 Å². The summed E-state index contributed by atoms with van der Waals surface area (Å²) in [6, 6.07) is 8.05. The Labute approximate surface area is 129 Å². The number of rotatable bonds is 4. The van der Waals surface area contributed by atoms with E-state index in [0.717, 1.165) is 35.9 Å². The number of fused-ring (bicyclic) bond motifs is 1. The van der Waals surface area contributed by atoms with Crippen LogP contribution in [0.3, 0.4) is 0 Å². The summed E-state index contributed by atoms with van der Waals surface area (Å²) in [5.74, 6) is -0.359. The highest BCUT2D eigenvalue weighted by Gasteiger charge is 2.38. The molecule has 0 bridgehead atoms. The Morgan fingerprint density at radius 1 is 1.45 bits per heavy atom. The zero-order chi connectivity index (χ0) is 15.5. The fraction of sp³-hybridized carbons (Fsp3) is 0.471. The van der Waals surface area contributed by atoms with Crippen LogP contribution in [0.25, 0.3) is 10.9 Å². The quantitative estimate of drug-likeness (QED) is 0.849. The lowest BCUT2D eigenvalue weighted by Crippen LogP contribution is -2.43. The van der Waals surface area contributed by atoms with Crippen LogP contribution in [-0.4, -0.2) is 47.8 Å². The van der Waals surface area contributed by atoms with Crippen molar-refractivity contribution in [1.82, 2.24) is 9.88 Å². The van der Waals surface area contributed by atoms with Crippen LogP contribution in [0.4, 0.5) is 0 Å². The molecule has 2 heterocycles. The van der Waals surface area contributed by atoms with E-state index in [1.807, 2.05) is 24.4 Å². The number of aromatic nitrogens is 1. The zero-order valence-electron chi connectivity index (χ0n) is 12.8. The van der Waals surface area contributed by atoms with Crippen LogP contribution in [0.5, 0.6) is 0 Å². The van der Waals surface area contributed by atoms with Crippen LogP contribution in [0, 0.1) is 5.92 Å². The number of ether oxygens (including phenoxy) is 1. The first-order valence-electron chi connectivity index (χ1n) is 7.75. The smallest absolute Gasteiger partial charge is 0.310 e. The van der Waals surface area contributed by atoms with Crippen molar-refractivity contribution in [3.8, 4) is 0 Å². The molecule has 1 saturated heterocycles. The Hall–Kier alpha value is -1.85. The summed E-state index contributed by atoms with van der Waals surface area (Å²) in [5.41, 5.74) is 2.18. The molecule has 2 aromatic rings. The number of carbonyl (C=O) groups excluding carboxylic acids is 1. The molecule has 118 valence electrons. The number of aliphatic hydroxyl groups is 1. The minimum atomic E-state index is -0.190. The van der Waals surface area contributed by atoms with E-state index in [-0.39, 0.29) is 24.5 Å². The number of H-pyrrole nitrogens is 1. The number of carbonyl (C=O) groups is 1. The van der Waals surface area contributed by atoms with E-state index in [1.165, 1.54) is 7.11 Å². The van der Waals surface area contributed by atoms with E-state index < -0.39 is 0 Å². The summed E-state index contributed by atoms with van der Waals surface area (Å²) in [6.07, 6.45) is 3.75. The summed E-state index contributed by atoms with van der Waals surface area (Å²) >= 11 is 0. The van der Waals surface area contributed by atoms with Gasteiger partial charge in [0.05, 0.1) is 25.7 Å². The number of benzene rings is 1. The van der Waals surface area contributed by atoms with Crippen molar-refractivity contribution in [2.24, 2.45) is 5.92 Å². The first-order valence-corrected chi connectivity index (χ1v) is 7.75. The molecule has 1 aliphatic rings. The SMILES string of the molecule is COC(=O)[C@@H]1CCCN(CCO)[C@@H]1c1c[nH]c2ccccc12. The number of hydrogen-bond donors (Lipinski definition) is 2. The highest BCUT2D eigenvalue weighted by molar-refractivity contribution is 5.85. The third kappa shape index (κ3) is 2.62. The normalized spacial score (nSPS) is 22.8. The summed E-state index contributed by atoms with van der Waals surface area (Å²) in [5, 5.41) is 10.5. The lowest BCUT2D eigenvalue weighted by Gasteiger charge is -2.39. The van der Waals surface area contributed by atoms with Gasteiger partial charge in [-0.15, -0.1) is 0 Å². The molecule has 0 amide bonds. The van der Waals surface area contributed by atoms with Gasteiger partial charge in [-0.25, -0.2) is 0 Å². The monoisotopic (exact) mass is 302 g/mol. The third-order valence-electron chi connectivity index (χ3n) is 4.57. The highest BCUT2D eigenvalue weighted by Crippen LogP contribution is 2.39. The standard InChI is InChI=1S/C17H22N2O3/c1-22-17(21)13-6-4-8-19(9-10-20)16(13)14-11-18-15-7-3-2-5-12(14)15/h2-3,5,7,11,13,16,18,20H,4,6,8-10H2,1H3/t13-,16+/m1/s1. The summed E-state index contributed by atoms with van der Waals surface area (Å²) in [6.45, 7) is 1.54. The molecule has 0 saturated carbocycles. The highest BCUT2D eigenvalue weighted by atomic mass is 16.5. The maximum atomic E-state index is 12.2. The van der Waals surface area contributed by atoms with Crippen molar-refractivity contribution in [2.75, 3.05) is 26.8 Å². The van der Waals surface area contributed by atoms with Crippen molar-refractivity contribution < 1.29 is 14.6 Å². The number of nitrogens with one attached hydrogen (secondary N) is 1. The summed E-state index contributed by atoms with van der Waals surface area (Å²) < 4.78 is 5.02. The van der Waals surface area contributed by atoms with E-state index in [0.29, 0.717) is 6.54 Å². The maximum absolute atomic E-state index is 12.2. The second-order valence-electron chi connectivity index (χ2n) is 5.77. The number of nitrogens with zero attached hydrogens (tertiary/aromatic N) is 1. The fourth-order valence-corrected chi connectivity index (χ4v) is 3.60. The van der Waals surface area contributed by atoms with Gasteiger partial charge in [0.25, 0.3) is 0 Å². The first kappa shape index (κ1) is 15.1. The van der Waals surface area contributed by atoms with E-state index in [1.54, 1.807) is 0 Å². The van der Waals surface area contributed by atoms with Crippen molar-refractivity contribution in [3.05, 3.63) is 36.0 Å². The lowest BCUT2D eigenvalue weighted by molar-refractivity contribution is -0.150. The number of piperidine rings is 1. The molecular formula is C17H22N2O3. The van der Waals surface area contributed by atoms with Crippen molar-refractivity contribution in [1.29, 1.82) is 0 Å². The van der Waals surface area contributed by atoms with Crippen LogP contribution in [-0.2, 0) is 9.53 Å². The number of aliphatic hydroxyl groups excluding tert-OH is 1. The van der Waals surface area contributed by atoms with Crippen molar-refractivity contribution in [2.45, 2.75) is 18.9 Å². The second kappa shape index (κ2) is 6.50. The van der Waals surface area contributed by atoms with Crippen LogP contribution in [0.15, 0.2) is 30.5 Å². The van der Waals surface area contributed by atoms with Gasteiger partial charge in [0, 0.05) is 23.6 Å². The predicted molar refractivity (Wildman–Crippen MR) is 84.4 cm³/mol. The van der Waals surface area contributed by atoms with Gasteiger partial charge in [0.1, 0.15) is 0 Å². The number of para-hydroxylation sites is 1. The van der Waals surface area contributed by atoms with Gasteiger partial charge in [-0.05, 0) is 31.0 Å². The predicted octanol–water partition coefficient (Wildman–Crippen LogP) is 2.09. The lowest BCUT2D eigenvalue weighted by atomic mass is 9.84. The number of aromatic amines is 1. The molecule has 5 nitrogen and oxygen atoms in total. The Morgan fingerprint density at radius 2 is 2.27 bits per heavy atom. The van der Waals surface area contributed by atoms with Crippen LogP contribution in [0.1, 0.15) is 24.4 Å². The summed E-state index contributed by atoms with van der Waals surface area (Å²) in [4.78, 5) is 17.7. The van der Waals surface area contributed by atoms with E-state index in [4.69, 9.17) is 4.74 Å². The summed E-state index contributed by atoms with van der Waals surface area (Å²) in [7, 11) is 1.44.